The van der Waals surface area contributed by atoms with Gasteiger partial charge in [-0.15, -0.1) is 12.3 Å². The van der Waals surface area contributed by atoms with Gasteiger partial charge in [0.05, 0.1) is 5.92 Å². The summed E-state index contributed by atoms with van der Waals surface area (Å²) < 4.78 is 4.17. The summed E-state index contributed by atoms with van der Waals surface area (Å²) in [4.78, 5) is 9.73. The molecular weight excluding hydrogens is 120 g/mol. The normalized spacial score (nSPS) is 11.6. The van der Waals surface area contributed by atoms with E-state index in [-0.39, 0.29) is 12.5 Å². The zero-order chi connectivity index (χ0) is 7.28. The van der Waals surface area contributed by atoms with Crippen LogP contribution >= 0.6 is 0 Å². The Morgan fingerprint density at radius 3 is 2.89 bits per heavy atom. The van der Waals surface area contributed by atoms with E-state index in [0.717, 1.165) is 0 Å². The number of ether oxygens (including phenoxy) is 1. The molecule has 1 atom stereocenters. The largest absolute Gasteiger partial charge is 0.505 e. The molecule has 9 heavy (non-hydrogen) atoms. The van der Waals surface area contributed by atoms with E-state index >= 15 is 0 Å². The fraction of sp³-hybridized carbons (Fsp3) is 0.500. The van der Waals surface area contributed by atoms with Crippen LogP contribution in [0.25, 0.3) is 0 Å². The van der Waals surface area contributed by atoms with Crippen LogP contribution in [0.3, 0.4) is 0 Å². The van der Waals surface area contributed by atoms with E-state index in [0.29, 0.717) is 0 Å². The number of rotatable bonds is 2. The van der Waals surface area contributed by atoms with Gasteiger partial charge in [0, 0.05) is 0 Å². The van der Waals surface area contributed by atoms with E-state index in [4.69, 9.17) is 11.5 Å². The third-order valence-corrected chi connectivity index (χ3v) is 0.741. The van der Waals surface area contributed by atoms with Crippen molar-refractivity contribution in [2.45, 2.75) is 6.92 Å². The molecule has 0 fully saturated rings. The second-order valence-corrected chi connectivity index (χ2v) is 1.64. The molecule has 0 heterocycles. The standard InChI is InChI=1S/C6H8O3/c1-3-5(2)4-9-6(7)8/h1,5H,4H2,2H3,(H,7,8). The molecule has 0 aliphatic rings. The Balaban J connectivity index is 3.30. The molecule has 1 unspecified atom stereocenters. The highest BCUT2D eigenvalue weighted by molar-refractivity contribution is 5.56. The SMILES string of the molecule is C#CC(C)COC(=O)O. The summed E-state index contributed by atoms with van der Waals surface area (Å²) in [6, 6.07) is 0. The van der Waals surface area contributed by atoms with Gasteiger partial charge in [-0.05, 0) is 6.92 Å². The molecule has 1 N–H and O–H groups in total. The van der Waals surface area contributed by atoms with Crippen LogP contribution in [0, 0.1) is 18.3 Å². The van der Waals surface area contributed by atoms with E-state index in [2.05, 4.69) is 10.7 Å². The summed E-state index contributed by atoms with van der Waals surface area (Å²) in [6.45, 7) is 1.79. The van der Waals surface area contributed by atoms with E-state index in [1.54, 1.807) is 6.92 Å². The summed E-state index contributed by atoms with van der Waals surface area (Å²) in [5.74, 6) is 2.19. The van der Waals surface area contributed by atoms with Gasteiger partial charge in [0.2, 0.25) is 0 Å². The van der Waals surface area contributed by atoms with Gasteiger partial charge < -0.3 is 9.84 Å². The zero-order valence-corrected chi connectivity index (χ0v) is 5.13. The Bertz CT molecular complexity index is 134. The third-order valence-electron chi connectivity index (χ3n) is 0.741. The monoisotopic (exact) mass is 128 g/mol. The Kier molecular flexibility index (Phi) is 3.29. The van der Waals surface area contributed by atoms with Crippen LogP contribution in [-0.4, -0.2) is 17.9 Å². The fourth-order valence-electron chi connectivity index (χ4n) is 0.244. The quantitative estimate of drug-likeness (QED) is 0.445. The van der Waals surface area contributed by atoms with Crippen LogP contribution in [-0.2, 0) is 4.74 Å². The molecule has 0 saturated heterocycles. The Labute approximate surface area is 53.6 Å². The lowest BCUT2D eigenvalue weighted by Crippen LogP contribution is -2.07. The number of hydrogen-bond donors (Lipinski definition) is 1. The first-order chi connectivity index (χ1) is 4.16. The van der Waals surface area contributed by atoms with Gasteiger partial charge in [-0.25, -0.2) is 4.79 Å². The van der Waals surface area contributed by atoms with Crippen molar-refractivity contribution < 1.29 is 14.6 Å². The minimum atomic E-state index is -1.28. The maximum absolute atomic E-state index is 9.73. The summed E-state index contributed by atoms with van der Waals surface area (Å²) >= 11 is 0. The van der Waals surface area contributed by atoms with Crippen LogP contribution in [0.4, 0.5) is 4.79 Å². The second kappa shape index (κ2) is 3.79. The van der Waals surface area contributed by atoms with Crippen molar-refractivity contribution in [1.82, 2.24) is 0 Å². The number of hydrogen-bond acceptors (Lipinski definition) is 2. The maximum atomic E-state index is 9.73. The van der Waals surface area contributed by atoms with Crippen LogP contribution in [0.1, 0.15) is 6.92 Å². The van der Waals surface area contributed by atoms with E-state index in [9.17, 15) is 4.79 Å². The number of carbonyl (C=O) groups is 1. The van der Waals surface area contributed by atoms with E-state index in [1.165, 1.54) is 0 Å². The maximum Gasteiger partial charge on any atom is 0.505 e. The number of carboxylic acid groups (broad SMARTS) is 1. The van der Waals surface area contributed by atoms with Gasteiger partial charge in [0.15, 0.2) is 0 Å². The van der Waals surface area contributed by atoms with Crippen molar-refractivity contribution in [3.8, 4) is 12.3 Å². The molecule has 0 bridgehead atoms. The second-order valence-electron chi connectivity index (χ2n) is 1.64. The van der Waals surface area contributed by atoms with Crippen LogP contribution in [0.2, 0.25) is 0 Å². The Morgan fingerprint density at radius 2 is 2.56 bits per heavy atom. The Hall–Kier alpha value is -1.17. The third kappa shape index (κ3) is 4.69. The molecule has 0 radical (unpaired) electrons. The van der Waals surface area contributed by atoms with Gasteiger partial charge in [0.25, 0.3) is 0 Å². The van der Waals surface area contributed by atoms with Crippen LogP contribution < -0.4 is 0 Å². The predicted octanol–water partition coefficient (Wildman–Crippen LogP) is 0.950. The van der Waals surface area contributed by atoms with Gasteiger partial charge in [0.1, 0.15) is 6.61 Å². The highest BCUT2D eigenvalue weighted by atomic mass is 16.7. The predicted molar refractivity (Wildman–Crippen MR) is 32.0 cm³/mol. The lowest BCUT2D eigenvalue weighted by atomic mass is 10.2. The highest BCUT2D eigenvalue weighted by Crippen LogP contribution is 1.91. The smallest absolute Gasteiger partial charge is 0.450 e. The topological polar surface area (TPSA) is 46.5 Å². The molecule has 0 aromatic heterocycles. The first kappa shape index (κ1) is 7.83. The summed E-state index contributed by atoms with van der Waals surface area (Å²) in [6.07, 6.45) is 3.65. The molecule has 0 aromatic carbocycles. The van der Waals surface area contributed by atoms with Gasteiger partial charge >= 0.3 is 6.16 Å². The number of terminal acetylenes is 1. The molecule has 0 aliphatic carbocycles. The molecule has 0 amide bonds. The van der Waals surface area contributed by atoms with Gasteiger partial charge in [-0.3, -0.25) is 0 Å². The molecule has 50 valence electrons. The molecule has 0 rings (SSSR count). The van der Waals surface area contributed by atoms with Gasteiger partial charge in [-0.1, -0.05) is 0 Å². The molecular formula is C6H8O3. The summed E-state index contributed by atoms with van der Waals surface area (Å²) in [5, 5.41) is 7.97. The summed E-state index contributed by atoms with van der Waals surface area (Å²) in [7, 11) is 0. The molecule has 3 nitrogen and oxygen atoms in total. The summed E-state index contributed by atoms with van der Waals surface area (Å²) in [5.41, 5.74) is 0. The average molecular weight is 128 g/mol. The highest BCUT2D eigenvalue weighted by Gasteiger charge is 1.99. The van der Waals surface area contributed by atoms with Crippen molar-refractivity contribution in [3.05, 3.63) is 0 Å². The Morgan fingerprint density at radius 1 is 2.00 bits per heavy atom. The van der Waals surface area contributed by atoms with E-state index < -0.39 is 6.16 Å². The van der Waals surface area contributed by atoms with Crippen molar-refractivity contribution in [2.75, 3.05) is 6.61 Å². The molecule has 0 spiro atoms. The van der Waals surface area contributed by atoms with Crippen LogP contribution in [0.5, 0.6) is 0 Å². The van der Waals surface area contributed by atoms with Crippen molar-refractivity contribution in [1.29, 1.82) is 0 Å². The molecule has 0 saturated carbocycles. The van der Waals surface area contributed by atoms with Gasteiger partial charge in [-0.2, -0.15) is 0 Å². The minimum Gasteiger partial charge on any atom is -0.450 e. The van der Waals surface area contributed by atoms with Crippen molar-refractivity contribution >= 4 is 6.16 Å². The van der Waals surface area contributed by atoms with E-state index in [1.807, 2.05) is 0 Å². The first-order valence-corrected chi connectivity index (χ1v) is 2.48. The minimum absolute atomic E-state index is 0.0752. The first-order valence-electron chi connectivity index (χ1n) is 2.48. The average Bonchev–Trinajstić information content (AvgIpc) is 1.83. The zero-order valence-electron chi connectivity index (χ0n) is 5.13. The lowest BCUT2D eigenvalue weighted by molar-refractivity contribution is 0.0854. The van der Waals surface area contributed by atoms with Crippen LogP contribution in [0.15, 0.2) is 0 Å². The van der Waals surface area contributed by atoms with Crippen molar-refractivity contribution in [2.24, 2.45) is 5.92 Å². The fourth-order valence-corrected chi connectivity index (χ4v) is 0.244. The molecule has 3 heteroatoms. The lowest BCUT2D eigenvalue weighted by Gasteiger charge is -2.00. The molecule has 0 aliphatic heterocycles. The van der Waals surface area contributed by atoms with Crippen molar-refractivity contribution in [3.63, 3.8) is 0 Å². The molecule has 0 aromatic rings.